The van der Waals surface area contributed by atoms with Gasteiger partial charge in [0, 0.05) is 6.42 Å². The van der Waals surface area contributed by atoms with Crippen molar-refractivity contribution >= 4 is 5.91 Å². The van der Waals surface area contributed by atoms with Gasteiger partial charge in [-0.3, -0.25) is 4.79 Å². The number of carbonyl (C=O) groups excluding carboxylic acids is 1. The summed E-state index contributed by atoms with van der Waals surface area (Å²) in [6, 6.07) is 21.1. The summed E-state index contributed by atoms with van der Waals surface area (Å²) in [5.41, 5.74) is 8.60. The van der Waals surface area contributed by atoms with Crippen LogP contribution < -0.4 is 11.1 Å². The molecule has 1 amide bonds. The van der Waals surface area contributed by atoms with Gasteiger partial charge in [0.25, 0.3) is 5.91 Å². The number of ether oxygens (including phenoxy) is 1. The van der Waals surface area contributed by atoms with Gasteiger partial charge in [-0.25, -0.2) is 0 Å². The highest BCUT2D eigenvalue weighted by Gasteiger charge is 2.40. The van der Waals surface area contributed by atoms with E-state index in [0.29, 0.717) is 17.8 Å². The zero-order valence-electron chi connectivity index (χ0n) is 14.0. The number of nitrogens with two attached hydrogens (primary N) is 1. The second-order valence-corrected chi connectivity index (χ2v) is 6.31. The summed E-state index contributed by atoms with van der Waals surface area (Å²) in [5, 5.41) is 12.6. The molecule has 0 unspecified atom stereocenters. The minimum atomic E-state index is -0.512. The average molecular weight is 343 g/mol. The molecule has 0 spiro atoms. The molecule has 0 fully saturated rings. The van der Waals surface area contributed by atoms with Crippen LogP contribution in [0.1, 0.15) is 29.5 Å². The van der Waals surface area contributed by atoms with E-state index in [1.165, 1.54) is 0 Å². The molecule has 2 aliphatic heterocycles. The highest BCUT2D eigenvalue weighted by Crippen LogP contribution is 2.43. The first-order valence-electron chi connectivity index (χ1n) is 8.40. The van der Waals surface area contributed by atoms with E-state index in [1.54, 1.807) is 0 Å². The van der Waals surface area contributed by atoms with Crippen LogP contribution in [0.25, 0.3) is 0 Å². The maximum Gasteiger partial charge on any atom is 0.252 e. The molecule has 5 nitrogen and oxygen atoms in total. The fourth-order valence-corrected chi connectivity index (χ4v) is 3.56. The first-order valence-corrected chi connectivity index (χ1v) is 8.40. The van der Waals surface area contributed by atoms with Crippen molar-refractivity contribution in [2.45, 2.75) is 18.4 Å². The van der Waals surface area contributed by atoms with Crippen LogP contribution in [-0.2, 0) is 9.53 Å². The molecule has 0 saturated heterocycles. The summed E-state index contributed by atoms with van der Waals surface area (Å²) in [4.78, 5) is 12.9. The zero-order valence-corrected chi connectivity index (χ0v) is 14.0. The lowest BCUT2D eigenvalue weighted by atomic mass is 9.80. The van der Waals surface area contributed by atoms with Crippen LogP contribution in [0.5, 0.6) is 0 Å². The molecule has 5 heteroatoms. The first-order chi connectivity index (χ1) is 12.7. The number of nitriles is 1. The lowest BCUT2D eigenvalue weighted by Crippen LogP contribution is -2.39. The molecular formula is C21H17N3O2. The Bertz CT molecular complexity index is 956. The van der Waals surface area contributed by atoms with Crippen LogP contribution in [0.15, 0.2) is 83.5 Å². The molecule has 0 saturated carbocycles. The summed E-state index contributed by atoms with van der Waals surface area (Å²) >= 11 is 0. The molecule has 0 aromatic heterocycles. The van der Waals surface area contributed by atoms with E-state index in [1.807, 2.05) is 60.7 Å². The van der Waals surface area contributed by atoms with Crippen LogP contribution in [0.2, 0.25) is 0 Å². The molecule has 0 radical (unpaired) electrons. The third-order valence-corrected chi connectivity index (χ3v) is 4.77. The van der Waals surface area contributed by atoms with Crippen molar-refractivity contribution in [2.75, 3.05) is 0 Å². The van der Waals surface area contributed by atoms with Crippen molar-refractivity contribution in [3.05, 3.63) is 94.6 Å². The third kappa shape index (κ3) is 2.62. The Hall–Kier alpha value is -3.52. The molecule has 2 aliphatic rings. The second-order valence-electron chi connectivity index (χ2n) is 6.31. The fraction of sp³-hybridized carbons (Fsp3) is 0.143. The molecule has 0 bridgehead atoms. The van der Waals surface area contributed by atoms with Gasteiger partial charge in [0.05, 0.1) is 17.5 Å². The van der Waals surface area contributed by atoms with E-state index in [9.17, 15) is 10.1 Å². The maximum absolute atomic E-state index is 12.9. The van der Waals surface area contributed by atoms with E-state index in [0.717, 1.165) is 11.1 Å². The molecule has 0 aliphatic carbocycles. The molecular weight excluding hydrogens is 326 g/mol. The molecule has 3 N–H and O–H groups in total. The number of nitrogens with zero attached hydrogens (tertiary/aromatic N) is 1. The monoisotopic (exact) mass is 343 g/mol. The third-order valence-electron chi connectivity index (χ3n) is 4.77. The Morgan fingerprint density at radius 2 is 1.65 bits per heavy atom. The maximum atomic E-state index is 12.9. The predicted octanol–water partition coefficient (Wildman–Crippen LogP) is 3.01. The van der Waals surface area contributed by atoms with Crippen molar-refractivity contribution in [1.82, 2.24) is 5.32 Å². The quantitative estimate of drug-likeness (QED) is 0.877. The molecule has 2 aromatic rings. The number of rotatable bonds is 2. The van der Waals surface area contributed by atoms with E-state index in [-0.39, 0.29) is 23.4 Å². The summed E-state index contributed by atoms with van der Waals surface area (Å²) < 4.78 is 5.72. The number of carbonyl (C=O) groups is 1. The minimum absolute atomic E-state index is 0.0709. The van der Waals surface area contributed by atoms with E-state index in [2.05, 4.69) is 11.4 Å². The second kappa shape index (κ2) is 6.41. The van der Waals surface area contributed by atoms with Crippen LogP contribution in [0, 0.1) is 11.3 Å². The van der Waals surface area contributed by atoms with Crippen LogP contribution in [0.3, 0.4) is 0 Å². The Balaban J connectivity index is 1.79. The van der Waals surface area contributed by atoms with Gasteiger partial charge < -0.3 is 15.8 Å². The van der Waals surface area contributed by atoms with Crippen LogP contribution in [0.4, 0.5) is 0 Å². The van der Waals surface area contributed by atoms with Crippen molar-refractivity contribution in [1.29, 1.82) is 5.26 Å². The Morgan fingerprint density at radius 3 is 2.27 bits per heavy atom. The fourth-order valence-electron chi connectivity index (χ4n) is 3.56. The number of benzene rings is 2. The largest absolute Gasteiger partial charge is 0.444 e. The normalized spacial score (nSPS) is 22.2. The number of hydrogen-bond donors (Lipinski definition) is 2. The standard InChI is InChI=1S/C21H17N3O2/c22-12-15-18(14-9-5-2-6-10-14)19-17(26-20(15)23)11-16(24-21(19)25)13-7-3-1-4-8-13/h1-10,16,18H,11,23H2,(H,24,25)/t16-,18+/m0/s1. The van der Waals surface area contributed by atoms with Gasteiger partial charge in [-0.15, -0.1) is 0 Å². The topological polar surface area (TPSA) is 88.1 Å². The van der Waals surface area contributed by atoms with Gasteiger partial charge in [-0.2, -0.15) is 5.26 Å². The van der Waals surface area contributed by atoms with Crippen LogP contribution in [-0.4, -0.2) is 5.91 Å². The Kier molecular flexibility index (Phi) is 3.94. The highest BCUT2D eigenvalue weighted by molar-refractivity contribution is 5.98. The number of amides is 1. The van der Waals surface area contributed by atoms with Gasteiger partial charge in [0.15, 0.2) is 0 Å². The number of nitrogens with one attached hydrogen (secondary N) is 1. The average Bonchev–Trinajstić information content (AvgIpc) is 2.68. The van der Waals surface area contributed by atoms with Crippen LogP contribution >= 0.6 is 0 Å². The lowest BCUT2D eigenvalue weighted by molar-refractivity contribution is -0.119. The molecule has 2 atom stereocenters. The zero-order chi connectivity index (χ0) is 18.1. The molecule has 4 rings (SSSR count). The van der Waals surface area contributed by atoms with E-state index >= 15 is 0 Å². The Labute approximate surface area is 151 Å². The van der Waals surface area contributed by atoms with Gasteiger partial charge >= 0.3 is 0 Å². The predicted molar refractivity (Wildman–Crippen MR) is 96.1 cm³/mol. The summed E-state index contributed by atoms with van der Waals surface area (Å²) in [6.07, 6.45) is 0.494. The van der Waals surface area contributed by atoms with Gasteiger partial charge in [0.2, 0.25) is 5.88 Å². The van der Waals surface area contributed by atoms with E-state index < -0.39 is 5.92 Å². The van der Waals surface area contributed by atoms with Gasteiger partial charge in [-0.05, 0) is 11.1 Å². The highest BCUT2D eigenvalue weighted by atomic mass is 16.5. The molecule has 2 aromatic carbocycles. The minimum Gasteiger partial charge on any atom is -0.444 e. The molecule has 2 heterocycles. The van der Waals surface area contributed by atoms with Crippen molar-refractivity contribution in [3.63, 3.8) is 0 Å². The van der Waals surface area contributed by atoms with Crippen molar-refractivity contribution in [2.24, 2.45) is 5.73 Å². The van der Waals surface area contributed by atoms with Crippen molar-refractivity contribution < 1.29 is 9.53 Å². The number of hydrogen-bond acceptors (Lipinski definition) is 4. The molecule has 128 valence electrons. The van der Waals surface area contributed by atoms with E-state index in [4.69, 9.17) is 10.5 Å². The summed E-state index contributed by atoms with van der Waals surface area (Å²) in [7, 11) is 0. The first kappa shape index (κ1) is 16.0. The van der Waals surface area contributed by atoms with Gasteiger partial charge in [-0.1, -0.05) is 60.7 Å². The smallest absolute Gasteiger partial charge is 0.252 e. The Morgan fingerprint density at radius 1 is 1.04 bits per heavy atom. The SMILES string of the molecule is N#CC1=C(N)OC2=C(C(=O)N[C@H](c3ccccc3)C2)[C@@H]1c1ccccc1. The molecule has 26 heavy (non-hydrogen) atoms. The summed E-state index contributed by atoms with van der Waals surface area (Å²) in [5.74, 6) is -0.134. The lowest BCUT2D eigenvalue weighted by Gasteiger charge is -2.34. The van der Waals surface area contributed by atoms with Gasteiger partial charge in [0.1, 0.15) is 17.4 Å². The van der Waals surface area contributed by atoms with Crippen molar-refractivity contribution in [3.8, 4) is 6.07 Å². The summed E-state index contributed by atoms with van der Waals surface area (Å²) in [6.45, 7) is 0. The number of allylic oxidation sites excluding steroid dienone is 1.